The third-order valence-electron chi connectivity index (χ3n) is 5.66. The predicted molar refractivity (Wildman–Crippen MR) is 125 cm³/mol. The van der Waals surface area contributed by atoms with Crippen molar-refractivity contribution in [2.24, 2.45) is 0 Å². The molecule has 34 heavy (non-hydrogen) atoms. The number of benzene rings is 3. The van der Waals surface area contributed by atoms with Crippen LogP contribution in [0.3, 0.4) is 0 Å². The van der Waals surface area contributed by atoms with Gasteiger partial charge in [-0.1, -0.05) is 54.4 Å². The predicted octanol–water partition coefficient (Wildman–Crippen LogP) is 6.69. The summed E-state index contributed by atoms with van der Waals surface area (Å²) >= 11 is 0. The van der Waals surface area contributed by atoms with Crippen LogP contribution in [0.25, 0.3) is 27.7 Å². The molecule has 0 aliphatic carbocycles. The molecule has 1 aromatic heterocycles. The summed E-state index contributed by atoms with van der Waals surface area (Å²) in [7, 11) is 0. The zero-order valence-corrected chi connectivity index (χ0v) is 20.5. The first-order valence-corrected chi connectivity index (χ1v) is 10.7. The van der Waals surface area contributed by atoms with Gasteiger partial charge in [-0.3, -0.25) is 4.39 Å². The summed E-state index contributed by atoms with van der Waals surface area (Å²) in [5, 5.41) is 4.41. The maximum atomic E-state index is 13.6. The molecule has 6 rings (SSSR count). The Bertz CT molecular complexity index is 1280. The van der Waals surface area contributed by atoms with E-state index in [4.69, 9.17) is 0 Å². The summed E-state index contributed by atoms with van der Waals surface area (Å²) in [6.45, 7) is 1.08. The Balaban J connectivity index is 0.000000169. The fourth-order valence-electron chi connectivity index (χ4n) is 3.98. The van der Waals surface area contributed by atoms with Crippen molar-refractivity contribution in [3.05, 3.63) is 132 Å². The first-order chi connectivity index (χ1) is 16.2. The molecule has 0 amide bonds. The van der Waals surface area contributed by atoms with E-state index < -0.39 is 11.6 Å². The van der Waals surface area contributed by atoms with Crippen molar-refractivity contribution in [2.75, 3.05) is 6.54 Å². The van der Waals surface area contributed by atoms with Crippen LogP contribution in [-0.4, -0.2) is 16.4 Å². The minimum Gasteiger partial charge on any atom is -0.668 e. The van der Waals surface area contributed by atoms with E-state index in [-0.39, 0.29) is 31.8 Å². The number of fused-ring (bicyclic) bond motifs is 3. The van der Waals surface area contributed by atoms with E-state index in [2.05, 4.69) is 45.7 Å². The van der Waals surface area contributed by atoms with Crippen LogP contribution in [0.4, 0.5) is 8.78 Å². The Kier molecular flexibility index (Phi) is 7.51. The molecular weight excluding hydrogens is 609 g/mol. The average Bonchev–Trinajstić information content (AvgIpc) is 3.36. The van der Waals surface area contributed by atoms with E-state index in [9.17, 15) is 8.78 Å². The standard InChI is InChI=1S/C17H10F2N.C11H10N2.Ir/c18-14-7-8-16(19)15(10-14)17-9-6-13(11-20-17)12-4-2-1-3-5-12;1-2-4-10-9(3-1)5-7-13-8-6-12-11(10)13;/h1-9,11H;1-3,6,8,11H,5,7H2;/q-1;-2;+3. The molecule has 2 aliphatic heterocycles. The molecule has 3 nitrogen and oxygen atoms in total. The Morgan fingerprint density at radius 2 is 1.79 bits per heavy atom. The normalized spacial score (nSPS) is 15.2. The van der Waals surface area contributed by atoms with Gasteiger partial charge < -0.3 is 15.2 Å². The number of aromatic nitrogens is 1. The molecule has 0 saturated carbocycles. The maximum absolute atomic E-state index is 13.6. The van der Waals surface area contributed by atoms with Crippen molar-refractivity contribution in [1.82, 2.24) is 9.88 Å². The van der Waals surface area contributed by atoms with Crippen molar-refractivity contribution in [3.63, 3.8) is 0 Å². The quantitative estimate of drug-likeness (QED) is 0.232. The van der Waals surface area contributed by atoms with Crippen LogP contribution in [-0.2, 0) is 26.5 Å². The fraction of sp³-hybridized carbons (Fsp3) is 0.107. The van der Waals surface area contributed by atoms with Crippen molar-refractivity contribution >= 4 is 0 Å². The number of hydrogen-bond acceptors (Lipinski definition) is 2. The van der Waals surface area contributed by atoms with Gasteiger partial charge in [0.1, 0.15) is 0 Å². The molecule has 1 unspecified atom stereocenters. The van der Waals surface area contributed by atoms with E-state index in [0.717, 1.165) is 36.2 Å². The molecule has 170 valence electrons. The van der Waals surface area contributed by atoms with Crippen LogP contribution in [0, 0.1) is 23.8 Å². The summed E-state index contributed by atoms with van der Waals surface area (Å²) < 4.78 is 26.8. The van der Waals surface area contributed by atoms with Crippen LogP contribution in [0.1, 0.15) is 17.3 Å². The average molecular weight is 629 g/mol. The monoisotopic (exact) mass is 629 g/mol. The molecular formula is C28H20F2IrN3. The van der Waals surface area contributed by atoms with Gasteiger partial charge in [0, 0.05) is 24.4 Å². The van der Waals surface area contributed by atoms with Crippen LogP contribution < -0.4 is 0 Å². The molecule has 3 aromatic carbocycles. The Morgan fingerprint density at radius 3 is 2.59 bits per heavy atom. The second-order valence-electron chi connectivity index (χ2n) is 7.75. The fourth-order valence-corrected chi connectivity index (χ4v) is 3.98. The van der Waals surface area contributed by atoms with Gasteiger partial charge in [-0.2, -0.15) is 41.6 Å². The topological polar surface area (TPSA) is 30.2 Å². The summed E-state index contributed by atoms with van der Waals surface area (Å²) in [4.78, 5) is 6.45. The number of pyridine rings is 1. The molecule has 6 heteroatoms. The molecule has 0 N–H and O–H groups in total. The Morgan fingerprint density at radius 1 is 0.941 bits per heavy atom. The zero-order valence-electron chi connectivity index (χ0n) is 18.1. The van der Waals surface area contributed by atoms with E-state index in [1.54, 1.807) is 12.3 Å². The third kappa shape index (κ3) is 5.09. The molecule has 4 aromatic rings. The van der Waals surface area contributed by atoms with Gasteiger partial charge in [-0.15, -0.1) is 18.2 Å². The van der Waals surface area contributed by atoms with Crippen LogP contribution in [0.2, 0.25) is 0 Å². The Hall–Kier alpha value is -3.34. The van der Waals surface area contributed by atoms with Crippen molar-refractivity contribution in [3.8, 4) is 22.4 Å². The van der Waals surface area contributed by atoms with Crippen LogP contribution in [0.5, 0.6) is 0 Å². The Labute approximate surface area is 211 Å². The van der Waals surface area contributed by atoms with Crippen LogP contribution >= 0.6 is 0 Å². The molecule has 0 saturated heterocycles. The summed E-state index contributed by atoms with van der Waals surface area (Å²) in [6.07, 6.45) is 6.92. The minimum absolute atomic E-state index is 0. The minimum atomic E-state index is -0.602. The molecule has 1 atom stereocenters. The molecule has 0 fully saturated rings. The summed E-state index contributed by atoms with van der Waals surface area (Å²) in [6, 6.07) is 27.2. The molecule has 2 aliphatic rings. The van der Waals surface area contributed by atoms with Crippen LogP contribution in [0.15, 0.2) is 91.4 Å². The van der Waals surface area contributed by atoms with Crippen molar-refractivity contribution in [2.45, 2.75) is 12.6 Å². The first-order valence-electron chi connectivity index (χ1n) is 10.7. The SMILES string of the molecule is Fc1[c-]c(-c2ccc(-c3ccccc3)cn2)c(F)cc1.[Ir+3].[c-]1cccc2c1C1[N-]C=CN1CC2. The maximum Gasteiger partial charge on any atom is 3.00 e. The van der Waals surface area contributed by atoms with Gasteiger partial charge in [0.2, 0.25) is 0 Å². The van der Waals surface area contributed by atoms with Gasteiger partial charge >= 0.3 is 20.1 Å². The third-order valence-corrected chi connectivity index (χ3v) is 5.66. The molecule has 0 radical (unpaired) electrons. The van der Waals surface area contributed by atoms with Crippen molar-refractivity contribution in [1.29, 1.82) is 0 Å². The van der Waals surface area contributed by atoms with Gasteiger partial charge in [0.05, 0.1) is 0 Å². The van der Waals surface area contributed by atoms with Crippen molar-refractivity contribution < 1.29 is 28.9 Å². The number of halogens is 2. The largest absolute Gasteiger partial charge is 3.00 e. The second-order valence-corrected chi connectivity index (χ2v) is 7.75. The second kappa shape index (κ2) is 10.7. The smallest absolute Gasteiger partial charge is 0.668 e. The molecule has 3 heterocycles. The van der Waals surface area contributed by atoms with Gasteiger partial charge in [-0.05, 0) is 29.2 Å². The summed E-state index contributed by atoms with van der Waals surface area (Å²) in [5.41, 5.74) is 5.00. The van der Waals surface area contributed by atoms with Gasteiger partial charge in [0.25, 0.3) is 0 Å². The number of rotatable bonds is 2. The molecule has 0 spiro atoms. The van der Waals surface area contributed by atoms with Gasteiger partial charge in [-0.25, -0.2) is 4.39 Å². The van der Waals surface area contributed by atoms with E-state index >= 15 is 0 Å². The number of hydrogen-bond donors (Lipinski definition) is 0. The van der Waals surface area contributed by atoms with E-state index in [1.165, 1.54) is 11.1 Å². The van der Waals surface area contributed by atoms with Gasteiger partial charge in [0.15, 0.2) is 0 Å². The summed E-state index contributed by atoms with van der Waals surface area (Å²) in [5.74, 6) is -1.14. The number of nitrogens with zero attached hydrogens (tertiary/aromatic N) is 3. The van der Waals surface area contributed by atoms with E-state index in [0.29, 0.717) is 5.69 Å². The first kappa shape index (κ1) is 23.8. The zero-order chi connectivity index (χ0) is 22.6. The molecule has 0 bridgehead atoms. The van der Waals surface area contributed by atoms with E-state index in [1.807, 2.05) is 48.7 Å².